The van der Waals surface area contributed by atoms with E-state index in [9.17, 15) is 8.42 Å². The summed E-state index contributed by atoms with van der Waals surface area (Å²) in [6, 6.07) is 9.39. The second-order valence-corrected chi connectivity index (χ2v) is 9.03. The lowest BCUT2D eigenvalue weighted by Gasteiger charge is -2.12. The smallest absolute Gasteiger partial charge is 0.220 e. The van der Waals surface area contributed by atoms with Gasteiger partial charge in [-0.25, -0.2) is 8.42 Å². The van der Waals surface area contributed by atoms with E-state index in [1.165, 1.54) is 12.1 Å². The van der Waals surface area contributed by atoms with Crippen LogP contribution in [0.5, 0.6) is 0 Å². The van der Waals surface area contributed by atoms with E-state index in [-0.39, 0.29) is 4.90 Å². The summed E-state index contributed by atoms with van der Waals surface area (Å²) in [5.41, 5.74) is 0. The molecular weight excluding hydrogens is 334 g/mol. The van der Waals surface area contributed by atoms with Crippen LogP contribution in [0.4, 0.5) is 0 Å². The fraction of sp³-hybridized carbons (Fsp3) is 0.125. The molecule has 74 valence electrons. The number of nitriles is 1. The second kappa shape index (κ2) is 4.01. The topological polar surface area (TPSA) is 57.9 Å². The molecule has 0 heterocycles. The molecule has 0 unspecified atom stereocenters. The molecule has 0 saturated carbocycles. The van der Waals surface area contributed by atoms with Crippen LogP contribution in [0.3, 0.4) is 0 Å². The quantitative estimate of drug-likeness (QED) is 0.778. The molecular formula is C8H5Br2NO2S. The first-order valence-corrected chi connectivity index (χ1v) is 6.57. The summed E-state index contributed by atoms with van der Waals surface area (Å²) in [5, 5.41) is 8.67. The Balaban J connectivity index is 3.32. The van der Waals surface area contributed by atoms with Crippen molar-refractivity contribution < 1.29 is 8.42 Å². The first kappa shape index (κ1) is 11.7. The summed E-state index contributed by atoms with van der Waals surface area (Å²) in [5.74, 6) is 0. The molecule has 14 heavy (non-hydrogen) atoms. The van der Waals surface area contributed by atoms with Crippen molar-refractivity contribution in [3.63, 3.8) is 0 Å². The highest BCUT2D eigenvalue weighted by atomic mass is 79.9. The number of rotatable bonds is 2. The Morgan fingerprint density at radius 1 is 1.21 bits per heavy atom. The Labute approximate surface area is 98.9 Å². The molecule has 0 amide bonds. The largest absolute Gasteiger partial charge is 0.270 e. The van der Waals surface area contributed by atoms with E-state index >= 15 is 0 Å². The lowest BCUT2D eigenvalue weighted by atomic mass is 10.4. The average molecular weight is 339 g/mol. The molecule has 0 N–H and O–H groups in total. The predicted molar refractivity (Wildman–Crippen MR) is 59.8 cm³/mol. The Bertz CT molecular complexity index is 462. The molecule has 0 aliphatic carbocycles. The maximum atomic E-state index is 11.8. The highest BCUT2D eigenvalue weighted by Crippen LogP contribution is 2.36. The number of sulfone groups is 1. The third-order valence-electron chi connectivity index (χ3n) is 1.52. The van der Waals surface area contributed by atoms with Crippen molar-refractivity contribution >= 4 is 41.7 Å². The highest BCUT2D eigenvalue weighted by Gasteiger charge is 2.40. The van der Waals surface area contributed by atoms with Gasteiger partial charge in [-0.15, -0.1) is 0 Å². The van der Waals surface area contributed by atoms with Gasteiger partial charge >= 0.3 is 0 Å². The lowest BCUT2D eigenvalue weighted by molar-refractivity contribution is 0.596. The van der Waals surface area contributed by atoms with Crippen molar-refractivity contribution in [1.82, 2.24) is 0 Å². The van der Waals surface area contributed by atoms with Gasteiger partial charge in [0.2, 0.25) is 9.84 Å². The molecule has 0 fully saturated rings. The van der Waals surface area contributed by atoms with Gasteiger partial charge in [0, 0.05) is 0 Å². The van der Waals surface area contributed by atoms with Crippen molar-refractivity contribution in [2.75, 3.05) is 0 Å². The number of halogens is 2. The third kappa shape index (κ3) is 2.00. The van der Waals surface area contributed by atoms with Crippen LogP contribution in [0.25, 0.3) is 0 Å². The molecule has 1 aromatic rings. The first-order valence-electron chi connectivity index (χ1n) is 3.50. The molecule has 1 rings (SSSR count). The van der Waals surface area contributed by atoms with Crippen LogP contribution in [-0.4, -0.2) is 11.0 Å². The van der Waals surface area contributed by atoms with Crippen LogP contribution < -0.4 is 0 Å². The highest BCUT2D eigenvalue weighted by molar-refractivity contribution is 9.28. The van der Waals surface area contributed by atoms with Crippen molar-refractivity contribution in [3.8, 4) is 6.07 Å². The van der Waals surface area contributed by atoms with Gasteiger partial charge in [-0.3, -0.25) is 0 Å². The third-order valence-corrected chi connectivity index (χ3v) is 6.09. The van der Waals surface area contributed by atoms with Gasteiger partial charge in [-0.1, -0.05) is 18.2 Å². The van der Waals surface area contributed by atoms with E-state index in [4.69, 9.17) is 5.26 Å². The van der Waals surface area contributed by atoms with Crippen molar-refractivity contribution in [3.05, 3.63) is 30.3 Å². The zero-order chi connectivity index (χ0) is 10.8. The van der Waals surface area contributed by atoms with Crippen LogP contribution in [0.15, 0.2) is 35.2 Å². The first-order chi connectivity index (χ1) is 6.42. The van der Waals surface area contributed by atoms with Crippen LogP contribution in [0.1, 0.15) is 0 Å². The maximum Gasteiger partial charge on any atom is 0.270 e. The van der Waals surface area contributed by atoms with E-state index in [1.807, 2.05) is 0 Å². The van der Waals surface area contributed by atoms with E-state index in [1.54, 1.807) is 24.3 Å². The standard InChI is InChI=1S/C8H5Br2NO2S/c9-8(10,6-11)14(12,13)7-4-2-1-3-5-7/h1-5H. The second-order valence-electron chi connectivity index (χ2n) is 2.45. The molecule has 3 nitrogen and oxygen atoms in total. The summed E-state index contributed by atoms with van der Waals surface area (Å²) in [7, 11) is -3.72. The van der Waals surface area contributed by atoms with Crippen LogP contribution in [0, 0.1) is 11.3 Å². The Morgan fingerprint density at radius 3 is 2.14 bits per heavy atom. The summed E-state index contributed by atoms with van der Waals surface area (Å²) in [4.78, 5) is 0.0929. The molecule has 6 heteroatoms. The Hall–Kier alpha value is -0.380. The van der Waals surface area contributed by atoms with Gasteiger partial charge in [0.05, 0.1) is 4.90 Å². The average Bonchev–Trinajstić information content (AvgIpc) is 2.19. The van der Waals surface area contributed by atoms with Gasteiger partial charge in [0.25, 0.3) is 2.57 Å². The van der Waals surface area contributed by atoms with E-state index in [0.29, 0.717) is 0 Å². The van der Waals surface area contributed by atoms with Crippen molar-refractivity contribution in [1.29, 1.82) is 5.26 Å². The van der Waals surface area contributed by atoms with Crippen molar-refractivity contribution in [2.24, 2.45) is 0 Å². The molecule has 0 bridgehead atoms. The molecule has 0 spiro atoms. The Kier molecular flexibility index (Phi) is 3.35. The normalized spacial score (nSPS) is 12.1. The van der Waals surface area contributed by atoms with Crippen LogP contribution in [-0.2, 0) is 9.84 Å². The van der Waals surface area contributed by atoms with Crippen LogP contribution >= 0.6 is 31.9 Å². The number of benzene rings is 1. The lowest BCUT2D eigenvalue weighted by Crippen LogP contribution is -2.22. The van der Waals surface area contributed by atoms with Gasteiger partial charge in [0.1, 0.15) is 6.07 Å². The van der Waals surface area contributed by atoms with Crippen LogP contribution in [0.2, 0.25) is 0 Å². The molecule has 0 atom stereocenters. The molecule has 0 aliphatic rings. The number of hydrogen-bond acceptors (Lipinski definition) is 3. The summed E-state index contributed by atoms with van der Waals surface area (Å²) in [6.45, 7) is 0. The SMILES string of the molecule is N#CC(Br)(Br)S(=O)(=O)c1ccccc1. The van der Waals surface area contributed by atoms with Crippen molar-refractivity contribution in [2.45, 2.75) is 7.46 Å². The van der Waals surface area contributed by atoms with Gasteiger partial charge in [0.15, 0.2) is 0 Å². The van der Waals surface area contributed by atoms with E-state index in [2.05, 4.69) is 31.9 Å². The van der Waals surface area contributed by atoms with Gasteiger partial charge < -0.3 is 0 Å². The molecule has 0 radical (unpaired) electrons. The molecule has 0 saturated heterocycles. The molecule has 1 aromatic carbocycles. The number of alkyl halides is 2. The summed E-state index contributed by atoms with van der Waals surface area (Å²) >= 11 is 5.61. The number of hydrogen-bond donors (Lipinski definition) is 0. The predicted octanol–water partition coefficient (Wildman–Crippen LogP) is 2.43. The van der Waals surface area contributed by atoms with Gasteiger partial charge in [-0.05, 0) is 44.0 Å². The zero-order valence-electron chi connectivity index (χ0n) is 6.81. The van der Waals surface area contributed by atoms with Gasteiger partial charge in [-0.2, -0.15) is 5.26 Å². The summed E-state index contributed by atoms with van der Waals surface area (Å²) < 4.78 is 21.8. The minimum atomic E-state index is -3.72. The molecule has 0 aliphatic heterocycles. The minimum Gasteiger partial charge on any atom is -0.220 e. The van der Waals surface area contributed by atoms with E-state index < -0.39 is 12.4 Å². The Morgan fingerprint density at radius 2 is 1.71 bits per heavy atom. The molecule has 0 aromatic heterocycles. The monoisotopic (exact) mass is 337 g/mol. The maximum absolute atomic E-state index is 11.8. The minimum absolute atomic E-state index is 0.0929. The number of nitrogens with zero attached hydrogens (tertiary/aromatic N) is 1. The fourth-order valence-electron chi connectivity index (χ4n) is 0.808. The zero-order valence-corrected chi connectivity index (χ0v) is 10.8. The summed E-state index contributed by atoms with van der Waals surface area (Å²) in [6.07, 6.45) is 0. The fourth-order valence-corrected chi connectivity index (χ4v) is 2.86. The van der Waals surface area contributed by atoms with E-state index in [0.717, 1.165) is 0 Å².